The van der Waals surface area contributed by atoms with Gasteiger partial charge >= 0.3 is 0 Å². The smallest absolute Gasteiger partial charge is 0.123 e. The number of likely N-dealkylation sites (N-methyl/N-ethyl adjacent to an activating group) is 2. The van der Waals surface area contributed by atoms with Crippen LogP contribution in [0.1, 0.15) is 18.5 Å². The zero-order chi connectivity index (χ0) is 14.4. The highest BCUT2D eigenvalue weighted by molar-refractivity contribution is 5.45. The van der Waals surface area contributed by atoms with Crippen molar-refractivity contribution in [2.75, 3.05) is 25.0 Å². The van der Waals surface area contributed by atoms with Gasteiger partial charge in [-0.05, 0) is 36.4 Å². The van der Waals surface area contributed by atoms with Gasteiger partial charge in [0, 0.05) is 25.3 Å². The van der Waals surface area contributed by atoms with Crippen LogP contribution in [0.5, 0.6) is 0 Å². The van der Waals surface area contributed by atoms with E-state index in [1.165, 1.54) is 17.7 Å². The molecule has 1 atom stereocenters. The van der Waals surface area contributed by atoms with Gasteiger partial charge in [-0.15, -0.1) is 0 Å². The summed E-state index contributed by atoms with van der Waals surface area (Å²) in [5.74, 6) is -0.201. The minimum atomic E-state index is -0.201. The highest BCUT2D eigenvalue weighted by Crippen LogP contribution is 2.18. The fraction of sp³-hybridized carbons (Fsp3) is 0.294. The fourth-order valence-corrected chi connectivity index (χ4v) is 2.29. The lowest BCUT2D eigenvalue weighted by atomic mass is 10.1. The Morgan fingerprint density at radius 3 is 2.30 bits per heavy atom. The second-order valence-corrected chi connectivity index (χ2v) is 4.88. The lowest BCUT2D eigenvalue weighted by Gasteiger charge is -2.26. The van der Waals surface area contributed by atoms with Gasteiger partial charge in [-0.25, -0.2) is 4.39 Å². The van der Waals surface area contributed by atoms with E-state index in [2.05, 4.69) is 41.4 Å². The summed E-state index contributed by atoms with van der Waals surface area (Å²) in [6, 6.07) is 17.3. The van der Waals surface area contributed by atoms with Crippen LogP contribution in [-0.2, 0) is 0 Å². The minimum absolute atomic E-state index is 0.201. The Labute approximate surface area is 120 Å². The van der Waals surface area contributed by atoms with E-state index in [0.29, 0.717) is 0 Å². The first-order chi connectivity index (χ1) is 9.70. The summed E-state index contributed by atoms with van der Waals surface area (Å²) in [5, 5.41) is 3.50. The second-order valence-electron chi connectivity index (χ2n) is 4.88. The molecule has 106 valence electrons. The van der Waals surface area contributed by atoms with Gasteiger partial charge < -0.3 is 10.2 Å². The third-order valence-electron chi connectivity index (χ3n) is 3.38. The third kappa shape index (κ3) is 3.81. The number of hydrogen-bond donors (Lipinski definition) is 1. The van der Waals surface area contributed by atoms with Crippen LogP contribution in [0.15, 0.2) is 54.6 Å². The average molecular weight is 272 g/mol. The van der Waals surface area contributed by atoms with Crippen molar-refractivity contribution in [1.82, 2.24) is 5.32 Å². The second kappa shape index (κ2) is 7.06. The molecule has 0 aliphatic heterocycles. The van der Waals surface area contributed by atoms with Crippen LogP contribution >= 0.6 is 0 Å². The number of rotatable bonds is 6. The molecule has 0 spiro atoms. The molecule has 1 N–H and O–H groups in total. The Balaban J connectivity index is 2.10. The molecule has 20 heavy (non-hydrogen) atoms. The molecule has 2 aromatic carbocycles. The Morgan fingerprint density at radius 2 is 1.70 bits per heavy atom. The zero-order valence-corrected chi connectivity index (χ0v) is 12.0. The third-order valence-corrected chi connectivity index (χ3v) is 3.38. The quantitative estimate of drug-likeness (QED) is 0.864. The molecule has 3 heteroatoms. The zero-order valence-electron chi connectivity index (χ0n) is 12.0. The molecule has 0 aliphatic rings. The lowest BCUT2D eigenvalue weighted by Crippen LogP contribution is -2.33. The minimum Gasteiger partial charge on any atom is -0.373 e. The van der Waals surface area contributed by atoms with Crippen LogP contribution in [0.25, 0.3) is 0 Å². The SMILES string of the molecule is CCNC(CN(C)c1ccc(F)cc1)c1ccccc1. The standard InChI is InChI=1S/C17H21FN2/c1-3-19-17(14-7-5-4-6-8-14)13-20(2)16-11-9-15(18)10-12-16/h4-12,17,19H,3,13H2,1-2H3. The van der Waals surface area contributed by atoms with E-state index in [1.54, 1.807) is 0 Å². The summed E-state index contributed by atoms with van der Waals surface area (Å²) in [6.07, 6.45) is 0. The van der Waals surface area contributed by atoms with E-state index < -0.39 is 0 Å². The van der Waals surface area contributed by atoms with Crippen LogP contribution in [0.3, 0.4) is 0 Å². The molecule has 0 aliphatic carbocycles. The number of anilines is 1. The topological polar surface area (TPSA) is 15.3 Å². The van der Waals surface area contributed by atoms with Crippen molar-refractivity contribution >= 4 is 5.69 Å². The fourth-order valence-electron chi connectivity index (χ4n) is 2.29. The number of halogens is 1. The molecule has 0 amide bonds. The van der Waals surface area contributed by atoms with Crippen LogP contribution in [0.2, 0.25) is 0 Å². The number of nitrogens with one attached hydrogen (secondary N) is 1. The van der Waals surface area contributed by atoms with E-state index in [9.17, 15) is 4.39 Å². The normalized spacial score (nSPS) is 12.2. The Morgan fingerprint density at radius 1 is 1.05 bits per heavy atom. The van der Waals surface area contributed by atoms with Crippen molar-refractivity contribution in [3.05, 3.63) is 66.0 Å². The first kappa shape index (κ1) is 14.5. The maximum absolute atomic E-state index is 13.0. The largest absolute Gasteiger partial charge is 0.373 e. The molecule has 2 aromatic rings. The van der Waals surface area contributed by atoms with Crippen molar-refractivity contribution in [2.24, 2.45) is 0 Å². The highest BCUT2D eigenvalue weighted by atomic mass is 19.1. The van der Waals surface area contributed by atoms with Crippen molar-refractivity contribution in [1.29, 1.82) is 0 Å². The highest BCUT2D eigenvalue weighted by Gasteiger charge is 2.13. The molecule has 0 saturated heterocycles. The number of nitrogens with zero attached hydrogens (tertiary/aromatic N) is 1. The number of hydrogen-bond acceptors (Lipinski definition) is 2. The predicted molar refractivity (Wildman–Crippen MR) is 82.5 cm³/mol. The maximum Gasteiger partial charge on any atom is 0.123 e. The predicted octanol–water partition coefficient (Wildman–Crippen LogP) is 3.61. The van der Waals surface area contributed by atoms with E-state index in [4.69, 9.17) is 0 Å². The molecule has 0 fully saturated rings. The molecule has 0 saturated carbocycles. The lowest BCUT2D eigenvalue weighted by molar-refractivity contribution is 0.550. The van der Waals surface area contributed by atoms with Gasteiger partial charge in [0.25, 0.3) is 0 Å². The molecule has 0 radical (unpaired) electrons. The van der Waals surface area contributed by atoms with E-state index >= 15 is 0 Å². The van der Waals surface area contributed by atoms with Crippen LogP contribution < -0.4 is 10.2 Å². The van der Waals surface area contributed by atoms with Crippen molar-refractivity contribution < 1.29 is 4.39 Å². The van der Waals surface area contributed by atoms with Gasteiger partial charge in [0.05, 0.1) is 0 Å². The first-order valence-electron chi connectivity index (χ1n) is 6.95. The summed E-state index contributed by atoms with van der Waals surface area (Å²) < 4.78 is 13.0. The molecular formula is C17H21FN2. The Bertz CT molecular complexity index is 510. The molecule has 0 heterocycles. The summed E-state index contributed by atoms with van der Waals surface area (Å²) >= 11 is 0. The van der Waals surface area contributed by atoms with E-state index in [1.807, 2.05) is 25.2 Å². The molecule has 2 nitrogen and oxygen atoms in total. The van der Waals surface area contributed by atoms with Gasteiger partial charge in [-0.1, -0.05) is 37.3 Å². The molecular weight excluding hydrogens is 251 g/mol. The first-order valence-corrected chi connectivity index (χ1v) is 6.95. The molecule has 0 bridgehead atoms. The van der Waals surface area contributed by atoms with Gasteiger partial charge in [-0.2, -0.15) is 0 Å². The van der Waals surface area contributed by atoms with Gasteiger partial charge in [-0.3, -0.25) is 0 Å². The summed E-state index contributed by atoms with van der Waals surface area (Å²) in [4.78, 5) is 2.14. The summed E-state index contributed by atoms with van der Waals surface area (Å²) in [7, 11) is 2.03. The molecule has 2 rings (SSSR count). The van der Waals surface area contributed by atoms with Crippen molar-refractivity contribution in [3.8, 4) is 0 Å². The van der Waals surface area contributed by atoms with Crippen LogP contribution in [-0.4, -0.2) is 20.1 Å². The monoisotopic (exact) mass is 272 g/mol. The summed E-state index contributed by atoms with van der Waals surface area (Å²) in [5.41, 5.74) is 2.29. The van der Waals surface area contributed by atoms with Crippen LogP contribution in [0.4, 0.5) is 10.1 Å². The maximum atomic E-state index is 13.0. The summed E-state index contributed by atoms with van der Waals surface area (Å²) in [6.45, 7) is 3.86. The molecule has 0 aromatic heterocycles. The Hall–Kier alpha value is -1.87. The van der Waals surface area contributed by atoms with Gasteiger partial charge in [0.1, 0.15) is 5.82 Å². The van der Waals surface area contributed by atoms with Crippen molar-refractivity contribution in [3.63, 3.8) is 0 Å². The van der Waals surface area contributed by atoms with E-state index in [0.717, 1.165) is 18.8 Å². The van der Waals surface area contributed by atoms with Gasteiger partial charge in [0.2, 0.25) is 0 Å². The Kier molecular flexibility index (Phi) is 5.13. The van der Waals surface area contributed by atoms with Gasteiger partial charge in [0.15, 0.2) is 0 Å². The number of benzene rings is 2. The van der Waals surface area contributed by atoms with Crippen LogP contribution in [0, 0.1) is 5.82 Å². The average Bonchev–Trinajstić information content (AvgIpc) is 2.48. The van der Waals surface area contributed by atoms with Crippen molar-refractivity contribution in [2.45, 2.75) is 13.0 Å². The van der Waals surface area contributed by atoms with E-state index in [-0.39, 0.29) is 11.9 Å². The molecule has 1 unspecified atom stereocenters.